The van der Waals surface area contributed by atoms with E-state index < -0.39 is 0 Å². The van der Waals surface area contributed by atoms with Gasteiger partial charge in [-0.05, 0) is 24.6 Å². The van der Waals surface area contributed by atoms with Crippen LogP contribution in [0.5, 0.6) is 5.75 Å². The molecule has 0 saturated carbocycles. The van der Waals surface area contributed by atoms with E-state index in [0.29, 0.717) is 18.1 Å². The molecule has 1 aromatic carbocycles. The van der Waals surface area contributed by atoms with Gasteiger partial charge in [-0.1, -0.05) is 12.1 Å². The molecule has 8 heteroatoms. The van der Waals surface area contributed by atoms with Crippen molar-refractivity contribution in [3.8, 4) is 5.75 Å². The van der Waals surface area contributed by atoms with Gasteiger partial charge in [0.25, 0.3) is 11.7 Å². The maximum atomic E-state index is 11.6. The molecule has 1 N–H and O–H groups in total. The van der Waals surface area contributed by atoms with Crippen molar-refractivity contribution in [1.29, 1.82) is 0 Å². The summed E-state index contributed by atoms with van der Waals surface area (Å²) in [5.41, 5.74) is 1.89. The molecule has 0 atom stereocenters. The van der Waals surface area contributed by atoms with E-state index in [1.165, 1.54) is 11.2 Å². The van der Waals surface area contributed by atoms with Crippen LogP contribution in [-0.2, 0) is 11.3 Å². The van der Waals surface area contributed by atoms with Crippen LogP contribution in [0.1, 0.15) is 11.3 Å². The number of hydrogen-bond acceptors (Lipinski definition) is 6. The van der Waals surface area contributed by atoms with Crippen LogP contribution in [0.25, 0.3) is 5.78 Å². The van der Waals surface area contributed by atoms with Crippen LogP contribution >= 0.6 is 0 Å². The normalized spacial score (nSPS) is 10.7. The number of nitrogens with one attached hydrogen (secondary N) is 1. The van der Waals surface area contributed by atoms with Crippen LogP contribution in [0.3, 0.4) is 0 Å². The fourth-order valence-corrected chi connectivity index (χ4v) is 2.27. The molecule has 3 rings (SSSR count). The Kier molecular flexibility index (Phi) is 4.78. The molecule has 1 amide bonds. The third kappa shape index (κ3) is 4.03. The highest BCUT2D eigenvalue weighted by Gasteiger charge is 2.07. The first-order valence-corrected chi connectivity index (χ1v) is 7.86. The van der Waals surface area contributed by atoms with Gasteiger partial charge in [0, 0.05) is 32.4 Å². The largest absolute Gasteiger partial charge is 0.484 e. The summed E-state index contributed by atoms with van der Waals surface area (Å²) in [6.07, 6.45) is 1.48. The standard InChI is InChI=1S/C17H20N6O2/c1-12-7-15(23-17(21-12)19-11-20-23)18-9-13-5-4-6-14(8-13)25-10-16(24)22(2)3/h4-8,11,18H,9-10H2,1-3H3. The van der Waals surface area contributed by atoms with Crippen molar-refractivity contribution >= 4 is 17.5 Å². The van der Waals surface area contributed by atoms with Crippen LogP contribution < -0.4 is 10.1 Å². The molecule has 8 nitrogen and oxygen atoms in total. The highest BCUT2D eigenvalue weighted by Crippen LogP contribution is 2.16. The molecule has 130 valence electrons. The van der Waals surface area contributed by atoms with Crippen molar-refractivity contribution in [2.75, 3.05) is 26.0 Å². The third-order valence-corrected chi connectivity index (χ3v) is 3.61. The predicted octanol–water partition coefficient (Wildman–Crippen LogP) is 1.51. The van der Waals surface area contributed by atoms with Crippen molar-refractivity contribution in [1.82, 2.24) is 24.5 Å². The number of fused-ring (bicyclic) bond motifs is 1. The number of hydrogen-bond donors (Lipinski definition) is 1. The fraction of sp³-hybridized carbons (Fsp3) is 0.294. The number of aryl methyl sites for hydroxylation is 1. The molecule has 0 aliphatic rings. The Balaban J connectivity index is 1.68. The summed E-state index contributed by atoms with van der Waals surface area (Å²) < 4.78 is 7.20. The number of likely N-dealkylation sites (N-methyl/N-ethyl adjacent to an activating group) is 1. The zero-order chi connectivity index (χ0) is 17.8. The zero-order valence-electron chi connectivity index (χ0n) is 14.4. The topological polar surface area (TPSA) is 84.7 Å². The average Bonchev–Trinajstić information content (AvgIpc) is 3.06. The number of ether oxygens (including phenoxy) is 1. The number of amides is 1. The van der Waals surface area contributed by atoms with E-state index in [9.17, 15) is 4.79 Å². The summed E-state index contributed by atoms with van der Waals surface area (Å²) in [4.78, 5) is 21.5. The van der Waals surface area contributed by atoms with E-state index >= 15 is 0 Å². The maximum Gasteiger partial charge on any atom is 0.259 e. The second-order valence-electron chi connectivity index (χ2n) is 5.83. The first-order valence-electron chi connectivity index (χ1n) is 7.86. The van der Waals surface area contributed by atoms with Crippen LogP contribution in [0.4, 0.5) is 5.82 Å². The van der Waals surface area contributed by atoms with E-state index in [1.54, 1.807) is 18.6 Å². The summed E-state index contributed by atoms with van der Waals surface area (Å²) in [5.74, 6) is 1.95. The molecule has 0 bridgehead atoms. The number of nitrogens with zero attached hydrogens (tertiary/aromatic N) is 5. The Morgan fingerprint density at radius 2 is 2.16 bits per heavy atom. The highest BCUT2D eigenvalue weighted by molar-refractivity contribution is 5.77. The second kappa shape index (κ2) is 7.16. The lowest BCUT2D eigenvalue weighted by Crippen LogP contribution is -2.27. The van der Waals surface area contributed by atoms with Gasteiger partial charge in [-0.2, -0.15) is 14.6 Å². The van der Waals surface area contributed by atoms with Gasteiger partial charge in [0.05, 0.1) is 0 Å². The molecular formula is C17H20N6O2. The summed E-state index contributed by atoms with van der Waals surface area (Å²) >= 11 is 0. The van der Waals surface area contributed by atoms with Crippen LogP contribution in [-0.4, -0.2) is 51.1 Å². The summed E-state index contributed by atoms with van der Waals surface area (Å²) in [6.45, 7) is 2.51. The lowest BCUT2D eigenvalue weighted by molar-refractivity contribution is -0.130. The Morgan fingerprint density at radius 3 is 2.96 bits per heavy atom. The summed E-state index contributed by atoms with van der Waals surface area (Å²) in [7, 11) is 3.40. The van der Waals surface area contributed by atoms with Gasteiger partial charge in [0.15, 0.2) is 6.61 Å². The Hall–Kier alpha value is -3.16. The van der Waals surface area contributed by atoms with Gasteiger partial charge in [-0.25, -0.2) is 4.98 Å². The van der Waals surface area contributed by atoms with E-state index in [1.807, 2.05) is 37.3 Å². The van der Waals surface area contributed by atoms with Crippen molar-refractivity contribution in [3.05, 3.63) is 47.9 Å². The Bertz CT molecular complexity index is 890. The number of carbonyl (C=O) groups is 1. The van der Waals surface area contributed by atoms with E-state index in [2.05, 4.69) is 20.4 Å². The van der Waals surface area contributed by atoms with Crippen LogP contribution in [0, 0.1) is 6.92 Å². The SMILES string of the molecule is Cc1cc(NCc2cccc(OCC(=O)N(C)C)c2)n2ncnc2n1. The minimum absolute atomic E-state index is 0.0208. The molecular weight excluding hydrogens is 320 g/mol. The molecule has 0 aliphatic heterocycles. The van der Waals surface area contributed by atoms with Crippen LogP contribution in [0.15, 0.2) is 36.7 Å². The number of anilines is 1. The molecule has 25 heavy (non-hydrogen) atoms. The van der Waals surface area contributed by atoms with Gasteiger partial charge in [0.1, 0.15) is 17.9 Å². The quantitative estimate of drug-likeness (QED) is 0.732. The average molecular weight is 340 g/mol. The zero-order valence-corrected chi connectivity index (χ0v) is 14.4. The second-order valence-corrected chi connectivity index (χ2v) is 5.83. The molecule has 2 heterocycles. The molecule has 0 fully saturated rings. The van der Waals surface area contributed by atoms with Gasteiger partial charge in [-0.15, -0.1) is 0 Å². The summed E-state index contributed by atoms with van der Waals surface area (Å²) in [5, 5.41) is 7.50. The molecule has 0 unspecified atom stereocenters. The number of rotatable bonds is 6. The smallest absolute Gasteiger partial charge is 0.259 e. The minimum atomic E-state index is -0.0793. The summed E-state index contributed by atoms with van der Waals surface area (Å²) in [6, 6.07) is 9.54. The van der Waals surface area contributed by atoms with E-state index in [-0.39, 0.29) is 12.5 Å². The molecule has 0 aliphatic carbocycles. The van der Waals surface area contributed by atoms with Gasteiger partial charge < -0.3 is 15.0 Å². The first-order chi connectivity index (χ1) is 12.0. The fourth-order valence-electron chi connectivity index (χ4n) is 2.27. The van der Waals surface area contributed by atoms with Gasteiger partial charge in [-0.3, -0.25) is 4.79 Å². The van der Waals surface area contributed by atoms with Crippen molar-refractivity contribution in [3.63, 3.8) is 0 Å². The van der Waals surface area contributed by atoms with Crippen molar-refractivity contribution in [2.45, 2.75) is 13.5 Å². The minimum Gasteiger partial charge on any atom is -0.484 e. The first kappa shape index (κ1) is 16.7. The third-order valence-electron chi connectivity index (χ3n) is 3.61. The van der Waals surface area contributed by atoms with Crippen LogP contribution in [0.2, 0.25) is 0 Å². The van der Waals surface area contributed by atoms with E-state index in [4.69, 9.17) is 4.74 Å². The predicted molar refractivity (Wildman–Crippen MR) is 93.5 cm³/mol. The highest BCUT2D eigenvalue weighted by atomic mass is 16.5. The Labute approximate surface area is 145 Å². The lowest BCUT2D eigenvalue weighted by atomic mass is 10.2. The lowest BCUT2D eigenvalue weighted by Gasteiger charge is -2.12. The number of aromatic nitrogens is 4. The van der Waals surface area contributed by atoms with Crippen molar-refractivity contribution in [2.24, 2.45) is 0 Å². The molecule has 2 aromatic heterocycles. The molecule has 0 spiro atoms. The number of carbonyl (C=O) groups excluding carboxylic acids is 1. The maximum absolute atomic E-state index is 11.6. The monoisotopic (exact) mass is 340 g/mol. The van der Waals surface area contributed by atoms with E-state index in [0.717, 1.165) is 17.1 Å². The molecule has 0 saturated heterocycles. The molecule has 3 aromatic rings. The van der Waals surface area contributed by atoms with Gasteiger partial charge >= 0.3 is 0 Å². The number of benzene rings is 1. The Morgan fingerprint density at radius 1 is 1.32 bits per heavy atom. The molecule has 0 radical (unpaired) electrons. The van der Waals surface area contributed by atoms with Gasteiger partial charge in [0.2, 0.25) is 0 Å². The van der Waals surface area contributed by atoms with Crippen molar-refractivity contribution < 1.29 is 9.53 Å².